The van der Waals surface area contributed by atoms with Crippen molar-refractivity contribution in [2.24, 2.45) is 11.3 Å². The largest absolute Gasteiger partial charge is 0.380 e. The first kappa shape index (κ1) is 22.5. The van der Waals surface area contributed by atoms with Crippen LogP contribution in [0.3, 0.4) is 0 Å². The van der Waals surface area contributed by atoms with Gasteiger partial charge >= 0.3 is 0 Å². The first-order chi connectivity index (χ1) is 16.9. The van der Waals surface area contributed by atoms with Crippen molar-refractivity contribution in [3.63, 3.8) is 0 Å². The van der Waals surface area contributed by atoms with Crippen LogP contribution < -0.4 is 10.6 Å². The van der Waals surface area contributed by atoms with Gasteiger partial charge in [-0.2, -0.15) is 0 Å². The highest BCUT2D eigenvalue weighted by Crippen LogP contribution is 2.50. The van der Waals surface area contributed by atoms with E-state index in [9.17, 15) is 0 Å². The Labute approximate surface area is 210 Å². The highest BCUT2D eigenvalue weighted by Gasteiger charge is 2.41. The molecule has 3 aromatic carbocycles. The lowest BCUT2D eigenvalue weighted by molar-refractivity contribution is 0.100. The summed E-state index contributed by atoms with van der Waals surface area (Å²) in [5.74, 6) is 1.39. The van der Waals surface area contributed by atoms with Gasteiger partial charge in [0.05, 0.1) is 11.2 Å². The molecule has 0 saturated heterocycles. The van der Waals surface area contributed by atoms with Crippen LogP contribution in [-0.2, 0) is 5.54 Å². The van der Waals surface area contributed by atoms with Crippen LogP contribution in [0.5, 0.6) is 0 Å². The molecule has 1 atom stereocenters. The van der Waals surface area contributed by atoms with Crippen LogP contribution in [0.25, 0.3) is 16.8 Å². The van der Waals surface area contributed by atoms with Crippen LogP contribution in [0.4, 0.5) is 5.69 Å². The molecule has 35 heavy (non-hydrogen) atoms. The molecule has 1 fully saturated rings. The first-order valence-electron chi connectivity index (χ1n) is 13.4. The van der Waals surface area contributed by atoms with Gasteiger partial charge in [0.1, 0.15) is 0 Å². The van der Waals surface area contributed by atoms with E-state index >= 15 is 0 Å². The summed E-state index contributed by atoms with van der Waals surface area (Å²) in [5, 5.41) is 7.89. The van der Waals surface area contributed by atoms with Gasteiger partial charge in [-0.25, -0.2) is 0 Å². The third kappa shape index (κ3) is 3.78. The molecule has 3 aliphatic heterocycles. The van der Waals surface area contributed by atoms with Gasteiger partial charge in [0.2, 0.25) is 0 Å². The Morgan fingerprint density at radius 1 is 0.743 bits per heavy atom. The fraction of sp³-hybridized carbons (Fsp3) is 0.394. The predicted molar refractivity (Wildman–Crippen MR) is 148 cm³/mol. The molecule has 0 spiro atoms. The average molecular weight is 463 g/mol. The van der Waals surface area contributed by atoms with E-state index in [4.69, 9.17) is 0 Å². The van der Waals surface area contributed by atoms with E-state index in [-0.39, 0.29) is 11.0 Å². The number of hydrogen-bond acceptors (Lipinski definition) is 2. The van der Waals surface area contributed by atoms with E-state index in [0.717, 1.165) is 18.0 Å². The van der Waals surface area contributed by atoms with Crippen LogP contribution in [0, 0.1) is 18.3 Å². The van der Waals surface area contributed by atoms with Crippen LogP contribution in [0.2, 0.25) is 0 Å². The summed E-state index contributed by atoms with van der Waals surface area (Å²) in [6, 6.07) is 24.8. The lowest BCUT2D eigenvalue weighted by atomic mass is 9.62. The standard InChI is InChI=1S/C33H38N2/c1-22-25-13-9-14-29(22)33(4)21-32(2,3)24-18-16-23(17-19-24)26-10-5-6-12-28(26)31(20-34-33)35-30-15-8-7-11-27(25)30/h5-15,20,23-24,34-35H,16-19,21H2,1-4H3. The Balaban J connectivity index is 1.65. The number of fused-ring (bicyclic) bond motifs is 7. The monoisotopic (exact) mass is 462 g/mol. The van der Waals surface area contributed by atoms with E-state index in [1.54, 1.807) is 0 Å². The van der Waals surface area contributed by atoms with Gasteiger partial charge in [-0.3, -0.25) is 0 Å². The minimum absolute atomic E-state index is 0.173. The number of anilines is 1. The van der Waals surface area contributed by atoms with Gasteiger partial charge in [0.15, 0.2) is 0 Å². The zero-order chi connectivity index (χ0) is 24.2. The molecule has 0 amide bonds. The summed E-state index contributed by atoms with van der Waals surface area (Å²) < 4.78 is 0. The fourth-order valence-electron chi connectivity index (χ4n) is 7.47. The fourth-order valence-corrected chi connectivity index (χ4v) is 7.47. The van der Waals surface area contributed by atoms with Gasteiger partial charge in [-0.15, -0.1) is 0 Å². The Bertz CT molecular complexity index is 1290. The van der Waals surface area contributed by atoms with Crippen molar-refractivity contribution >= 4 is 11.4 Å². The van der Waals surface area contributed by atoms with E-state index in [2.05, 4.69) is 111 Å². The average Bonchev–Trinajstić information content (AvgIpc) is 2.86. The number of para-hydroxylation sites is 1. The topological polar surface area (TPSA) is 24.1 Å². The molecule has 4 aliphatic rings. The summed E-state index contributed by atoms with van der Waals surface area (Å²) in [6.07, 6.45) is 8.58. The maximum Gasteiger partial charge on any atom is 0.0620 e. The smallest absolute Gasteiger partial charge is 0.0620 e. The zero-order valence-corrected chi connectivity index (χ0v) is 21.6. The molecule has 6 bridgehead atoms. The summed E-state index contributed by atoms with van der Waals surface area (Å²) in [4.78, 5) is 0. The highest BCUT2D eigenvalue weighted by atomic mass is 15.0. The Morgan fingerprint density at radius 3 is 2.23 bits per heavy atom. The van der Waals surface area contributed by atoms with Crippen molar-refractivity contribution in [2.45, 2.75) is 71.3 Å². The number of rotatable bonds is 0. The Morgan fingerprint density at radius 2 is 1.43 bits per heavy atom. The molecule has 3 heterocycles. The molecule has 3 aromatic rings. The third-order valence-electron chi connectivity index (χ3n) is 9.28. The number of hydrogen-bond donors (Lipinski definition) is 2. The second-order valence-electron chi connectivity index (χ2n) is 12.0. The predicted octanol–water partition coefficient (Wildman–Crippen LogP) is 8.59. The summed E-state index contributed by atoms with van der Waals surface area (Å²) in [6.45, 7) is 9.76. The van der Waals surface area contributed by atoms with Crippen LogP contribution in [0.1, 0.15) is 81.0 Å². The van der Waals surface area contributed by atoms with Crippen molar-refractivity contribution < 1.29 is 0 Å². The molecular weight excluding hydrogens is 424 g/mol. The second kappa shape index (κ2) is 8.29. The molecule has 1 saturated carbocycles. The van der Waals surface area contributed by atoms with Crippen molar-refractivity contribution in [1.82, 2.24) is 5.32 Å². The summed E-state index contributed by atoms with van der Waals surface area (Å²) in [5.41, 5.74) is 10.6. The Hall–Kier alpha value is -3.00. The minimum atomic E-state index is -0.173. The molecule has 2 nitrogen and oxygen atoms in total. The Kier molecular flexibility index (Phi) is 5.32. The SMILES string of the molecule is Cc1c2cccc1C1(C)CC(C)(C)C3CCC(CC3)c3ccccc3C(=CN1)Nc1ccccc1-2. The van der Waals surface area contributed by atoms with Gasteiger partial charge in [-0.05, 0) is 91.5 Å². The highest BCUT2D eigenvalue weighted by molar-refractivity contribution is 5.88. The van der Waals surface area contributed by atoms with Crippen LogP contribution >= 0.6 is 0 Å². The van der Waals surface area contributed by atoms with E-state index < -0.39 is 0 Å². The molecule has 2 N–H and O–H groups in total. The normalized spacial score (nSPS) is 26.7. The van der Waals surface area contributed by atoms with Gasteiger partial charge < -0.3 is 10.6 Å². The maximum atomic E-state index is 4.00. The number of nitrogens with one attached hydrogen (secondary N) is 2. The molecule has 7 rings (SSSR count). The molecule has 0 aromatic heterocycles. The lowest BCUT2D eigenvalue weighted by Gasteiger charge is -2.46. The van der Waals surface area contributed by atoms with E-state index in [0.29, 0.717) is 5.92 Å². The summed E-state index contributed by atoms with van der Waals surface area (Å²) >= 11 is 0. The van der Waals surface area contributed by atoms with Crippen molar-refractivity contribution in [3.05, 3.63) is 95.2 Å². The van der Waals surface area contributed by atoms with Gasteiger partial charge in [0.25, 0.3) is 0 Å². The number of benzene rings is 3. The quantitative estimate of drug-likeness (QED) is 0.349. The van der Waals surface area contributed by atoms with Gasteiger partial charge in [0, 0.05) is 23.0 Å². The second-order valence-corrected chi connectivity index (χ2v) is 12.0. The van der Waals surface area contributed by atoms with Crippen LogP contribution in [-0.4, -0.2) is 0 Å². The molecule has 1 aliphatic carbocycles. The maximum absolute atomic E-state index is 4.00. The van der Waals surface area contributed by atoms with E-state index in [1.807, 2.05) is 0 Å². The summed E-state index contributed by atoms with van der Waals surface area (Å²) in [7, 11) is 0. The molecule has 1 unspecified atom stereocenters. The molecule has 2 heteroatoms. The van der Waals surface area contributed by atoms with Crippen LogP contribution in [0.15, 0.2) is 72.9 Å². The zero-order valence-electron chi connectivity index (χ0n) is 21.6. The first-order valence-corrected chi connectivity index (χ1v) is 13.4. The van der Waals surface area contributed by atoms with E-state index in [1.165, 1.54) is 64.8 Å². The molecule has 0 radical (unpaired) electrons. The van der Waals surface area contributed by atoms with Crippen molar-refractivity contribution in [1.29, 1.82) is 0 Å². The molecular formula is C33H38N2. The lowest BCUT2D eigenvalue weighted by Crippen LogP contribution is -2.44. The molecule has 180 valence electrons. The van der Waals surface area contributed by atoms with Gasteiger partial charge in [-0.1, -0.05) is 74.5 Å². The third-order valence-corrected chi connectivity index (χ3v) is 9.28. The van der Waals surface area contributed by atoms with Crippen molar-refractivity contribution in [2.75, 3.05) is 5.32 Å². The minimum Gasteiger partial charge on any atom is -0.380 e. The van der Waals surface area contributed by atoms with Crippen molar-refractivity contribution in [3.8, 4) is 11.1 Å².